The van der Waals surface area contributed by atoms with E-state index in [9.17, 15) is 9.59 Å². The van der Waals surface area contributed by atoms with Crippen molar-refractivity contribution in [2.45, 2.75) is 0 Å². The van der Waals surface area contributed by atoms with Gasteiger partial charge in [0.2, 0.25) is 6.79 Å². The number of nitrogens with zero attached hydrogens (tertiary/aromatic N) is 1. The van der Waals surface area contributed by atoms with Crippen LogP contribution in [0.25, 0.3) is 31.8 Å². The molecule has 0 aliphatic carbocycles. The Kier molecular flexibility index (Phi) is 4.19. The first-order chi connectivity index (χ1) is 15.6. The molecular formula is C24H13NO6S. The van der Waals surface area contributed by atoms with Crippen molar-refractivity contribution in [3.8, 4) is 27.8 Å². The van der Waals surface area contributed by atoms with Crippen LogP contribution in [0.15, 0.2) is 75.9 Å². The lowest BCUT2D eigenvalue weighted by molar-refractivity contribution is 0.0734. The Bertz CT molecular complexity index is 1550. The van der Waals surface area contributed by atoms with Crippen molar-refractivity contribution in [2.75, 3.05) is 6.79 Å². The summed E-state index contributed by atoms with van der Waals surface area (Å²) in [7, 11) is 0. The molecule has 32 heavy (non-hydrogen) atoms. The van der Waals surface area contributed by atoms with E-state index in [0.717, 1.165) is 10.2 Å². The fraction of sp³-hybridized carbons (Fsp3) is 0.0417. The zero-order chi connectivity index (χ0) is 21.7. The first-order valence-electron chi connectivity index (χ1n) is 9.70. The molecule has 6 rings (SSSR count). The third kappa shape index (κ3) is 3.17. The van der Waals surface area contributed by atoms with E-state index in [4.69, 9.17) is 18.6 Å². The van der Waals surface area contributed by atoms with Gasteiger partial charge in [0.05, 0.1) is 21.3 Å². The predicted octanol–water partition coefficient (Wildman–Crippen LogP) is 5.02. The van der Waals surface area contributed by atoms with Crippen molar-refractivity contribution < 1.29 is 23.4 Å². The van der Waals surface area contributed by atoms with Crippen molar-refractivity contribution in [2.24, 2.45) is 0 Å². The van der Waals surface area contributed by atoms with Gasteiger partial charge in [-0.1, -0.05) is 12.1 Å². The first-order valence-corrected chi connectivity index (χ1v) is 10.5. The van der Waals surface area contributed by atoms with E-state index < -0.39 is 11.6 Å². The normalized spacial score (nSPS) is 12.4. The van der Waals surface area contributed by atoms with E-state index in [1.807, 2.05) is 24.3 Å². The summed E-state index contributed by atoms with van der Waals surface area (Å²) in [5.74, 6) is 0.774. The summed E-state index contributed by atoms with van der Waals surface area (Å²) in [5, 5.41) is 1.29. The van der Waals surface area contributed by atoms with E-state index in [2.05, 4.69) is 4.98 Å². The number of carbonyl (C=O) groups is 1. The molecule has 156 valence electrons. The predicted molar refractivity (Wildman–Crippen MR) is 119 cm³/mol. The SMILES string of the molecule is O=C(Oc1ccc2cc(-c3nc4ccccc4s3)c(=O)oc2c1)c1ccc2c(c1)OCO2. The van der Waals surface area contributed by atoms with Crippen LogP contribution in [0.5, 0.6) is 17.2 Å². The van der Waals surface area contributed by atoms with Crippen LogP contribution in [0.3, 0.4) is 0 Å². The van der Waals surface area contributed by atoms with E-state index >= 15 is 0 Å². The minimum atomic E-state index is -0.559. The van der Waals surface area contributed by atoms with Crippen LogP contribution in [-0.4, -0.2) is 17.7 Å². The second kappa shape index (κ2) is 7.21. The molecule has 3 aromatic carbocycles. The highest BCUT2D eigenvalue weighted by molar-refractivity contribution is 7.21. The number of aromatic nitrogens is 1. The molecule has 0 atom stereocenters. The summed E-state index contributed by atoms with van der Waals surface area (Å²) in [5.41, 5.74) is 1.36. The van der Waals surface area contributed by atoms with Crippen LogP contribution < -0.4 is 19.8 Å². The molecule has 0 N–H and O–H groups in total. The Labute approximate surface area is 184 Å². The minimum absolute atomic E-state index is 0.122. The zero-order valence-electron chi connectivity index (χ0n) is 16.4. The van der Waals surface area contributed by atoms with Crippen molar-refractivity contribution in [1.29, 1.82) is 0 Å². The molecule has 0 amide bonds. The molecule has 2 aromatic heterocycles. The summed E-state index contributed by atoms with van der Waals surface area (Å²) in [6.45, 7) is 0.122. The third-order valence-corrected chi connectivity index (χ3v) is 6.12. The van der Waals surface area contributed by atoms with E-state index in [1.54, 1.807) is 36.4 Å². The summed E-state index contributed by atoms with van der Waals surface area (Å²) >= 11 is 1.43. The van der Waals surface area contributed by atoms with Gasteiger partial charge >= 0.3 is 11.6 Å². The van der Waals surface area contributed by atoms with Crippen LogP contribution in [0, 0.1) is 0 Å². The lowest BCUT2D eigenvalue weighted by atomic mass is 10.2. The van der Waals surface area contributed by atoms with Crippen molar-refractivity contribution >= 4 is 38.5 Å². The Hall–Kier alpha value is -4.17. The lowest BCUT2D eigenvalue weighted by Gasteiger charge is -2.06. The number of para-hydroxylation sites is 1. The average molecular weight is 443 g/mol. The molecule has 0 bridgehead atoms. The number of ether oxygens (including phenoxy) is 3. The maximum atomic E-state index is 12.6. The van der Waals surface area contributed by atoms with Gasteiger partial charge in [0.15, 0.2) is 11.5 Å². The fourth-order valence-corrected chi connectivity index (χ4v) is 4.45. The first kappa shape index (κ1) is 18.6. The van der Waals surface area contributed by atoms with Crippen LogP contribution >= 0.6 is 11.3 Å². The molecule has 0 radical (unpaired) electrons. The van der Waals surface area contributed by atoms with Gasteiger partial charge in [-0.25, -0.2) is 14.6 Å². The van der Waals surface area contributed by atoms with Crippen LogP contribution in [-0.2, 0) is 0 Å². The number of thiazole rings is 1. The molecule has 0 spiro atoms. The van der Waals surface area contributed by atoms with E-state index in [1.165, 1.54) is 17.4 Å². The number of esters is 1. The summed E-state index contributed by atoms with van der Waals surface area (Å²) in [4.78, 5) is 29.7. The van der Waals surface area contributed by atoms with Gasteiger partial charge < -0.3 is 18.6 Å². The van der Waals surface area contributed by atoms with Gasteiger partial charge in [-0.05, 0) is 48.5 Å². The average Bonchev–Trinajstić information content (AvgIpc) is 3.44. The monoisotopic (exact) mass is 443 g/mol. The number of carbonyl (C=O) groups excluding carboxylic acids is 1. The molecular weight excluding hydrogens is 430 g/mol. The Morgan fingerprint density at radius 2 is 1.84 bits per heavy atom. The zero-order valence-corrected chi connectivity index (χ0v) is 17.2. The molecule has 7 nitrogen and oxygen atoms in total. The van der Waals surface area contributed by atoms with Gasteiger partial charge in [0.1, 0.15) is 16.3 Å². The van der Waals surface area contributed by atoms with Gasteiger partial charge in [-0.3, -0.25) is 0 Å². The van der Waals surface area contributed by atoms with Crippen LogP contribution in [0.1, 0.15) is 10.4 Å². The highest BCUT2D eigenvalue weighted by Gasteiger charge is 2.18. The van der Waals surface area contributed by atoms with Gasteiger partial charge in [-0.2, -0.15) is 0 Å². The largest absolute Gasteiger partial charge is 0.454 e. The van der Waals surface area contributed by atoms with Crippen LogP contribution in [0.2, 0.25) is 0 Å². The van der Waals surface area contributed by atoms with Gasteiger partial charge in [0.25, 0.3) is 0 Å². The van der Waals surface area contributed by atoms with Gasteiger partial charge in [0, 0.05) is 11.5 Å². The van der Waals surface area contributed by atoms with Crippen molar-refractivity contribution in [3.63, 3.8) is 0 Å². The summed E-state index contributed by atoms with van der Waals surface area (Å²) in [6, 6.07) is 19.2. The molecule has 1 aliphatic heterocycles. The minimum Gasteiger partial charge on any atom is -0.454 e. The fourth-order valence-electron chi connectivity index (χ4n) is 3.48. The second-order valence-electron chi connectivity index (χ2n) is 7.09. The lowest BCUT2D eigenvalue weighted by Crippen LogP contribution is -2.08. The maximum absolute atomic E-state index is 12.6. The quantitative estimate of drug-likeness (QED) is 0.220. The van der Waals surface area contributed by atoms with Crippen LogP contribution in [0.4, 0.5) is 0 Å². The molecule has 3 heterocycles. The van der Waals surface area contributed by atoms with E-state index in [-0.39, 0.29) is 12.5 Å². The molecule has 5 aromatic rings. The summed E-state index contributed by atoms with van der Waals surface area (Å²) in [6.07, 6.45) is 0. The Morgan fingerprint density at radius 1 is 0.969 bits per heavy atom. The molecule has 0 saturated carbocycles. The number of fused-ring (bicyclic) bond motifs is 3. The number of benzene rings is 3. The van der Waals surface area contributed by atoms with E-state index in [0.29, 0.717) is 38.6 Å². The topological polar surface area (TPSA) is 87.9 Å². The maximum Gasteiger partial charge on any atom is 0.346 e. The van der Waals surface area contributed by atoms with Gasteiger partial charge in [-0.15, -0.1) is 11.3 Å². The highest BCUT2D eigenvalue weighted by Crippen LogP contribution is 2.33. The van der Waals surface area contributed by atoms with Crippen molar-refractivity contribution in [1.82, 2.24) is 4.98 Å². The van der Waals surface area contributed by atoms with Crippen molar-refractivity contribution in [3.05, 3.63) is 82.7 Å². The standard InChI is InChI=1S/C24H13NO6S/c26-23(14-6-8-18-20(10-14)29-12-28-18)30-15-7-5-13-9-16(24(27)31-19(13)11-15)22-25-17-3-1-2-4-21(17)32-22/h1-11H,12H2. The summed E-state index contributed by atoms with van der Waals surface area (Å²) < 4.78 is 22.5. The highest BCUT2D eigenvalue weighted by atomic mass is 32.1. The number of rotatable bonds is 3. The molecule has 0 unspecified atom stereocenters. The molecule has 0 saturated heterocycles. The third-order valence-electron chi connectivity index (χ3n) is 5.05. The number of hydrogen-bond donors (Lipinski definition) is 0. The molecule has 1 aliphatic rings. The molecule has 8 heteroatoms. The molecule has 0 fully saturated rings. The smallest absolute Gasteiger partial charge is 0.346 e. The number of hydrogen-bond acceptors (Lipinski definition) is 8. The second-order valence-corrected chi connectivity index (χ2v) is 8.12. The Morgan fingerprint density at radius 3 is 2.75 bits per heavy atom. The Balaban J connectivity index is 1.31.